The van der Waals surface area contributed by atoms with Crippen molar-refractivity contribution in [3.8, 4) is 0 Å². The summed E-state index contributed by atoms with van der Waals surface area (Å²) in [5.74, 6) is 6.03. The topological polar surface area (TPSA) is 223 Å². The Kier molecular flexibility index (Phi) is 21.4. The van der Waals surface area contributed by atoms with Crippen LogP contribution in [0.3, 0.4) is 0 Å². The summed E-state index contributed by atoms with van der Waals surface area (Å²) in [7, 11) is 12.9. The van der Waals surface area contributed by atoms with Gasteiger partial charge in [-0.1, -0.05) is 0 Å². The van der Waals surface area contributed by atoms with Gasteiger partial charge in [0.1, 0.15) is 5.82 Å². The van der Waals surface area contributed by atoms with E-state index in [4.69, 9.17) is 44.9 Å². The van der Waals surface area contributed by atoms with Crippen LogP contribution in [-0.4, -0.2) is 212 Å². The number of aromatic nitrogens is 9. The number of nitrogens with zero attached hydrogens (tertiary/aromatic N) is 16. The van der Waals surface area contributed by atoms with Gasteiger partial charge in [-0.15, -0.1) is 0 Å². The Hall–Kier alpha value is -4.81. The maximum Gasteiger partial charge on any atom is 0.232 e. The molecule has 5 saturated heterocycles. The van der Waals surface area contributed by atoms with Gasteiger partial charge in [-0.2, -0.15) is 44.9 Å². The third kappa shape index (κ3) is 19.5. The lowest BCUT2D eigenvalue weighted by atomic mass is 9.79. The van der Waals surface area contributed by atoms with Gasteiger partial charge in [0, 0.05) is 154 Å². The van der Waals surface area contributed by atoms with E-state index >= 15 is 0 Å². The lowest BCUT2D eigenvalue weighted by Gasteiger charge is -2.49. The zero-order chi connectivity index (χ0) is 68.2. The quantitative estimate of drug-likeness (QED) is 0.0417. The molecule has 8 rings (SSSR count). The minimum atomic E-state index is -0.0907. The lowest BCUT2D eigenvalue weighted by Crippen LogP contribution is -2.62. The van der Waals surface area contributed by atoms with Gasteiger partial charge >= 0.3 is 0 Å². The van der Waals surface area contributed by atoms with E-state index in [1.807, 2.05) is 14.0 Å². The third-order valence-electron chi connectivity index (χ3n) is 20.0. The Morgan fingerprint density at radius 1 is 0.315 bits per heavy atom. The molecule has 0 aromatic carbocycles. The summed E-state index contributed by atoms with van der Waals surface area (Å²) in [4.78, 5) is 64.5. The second kappa shape index (κ2) is 27.0. The summed E-state index contributed by atoms with van der Waals surface area (Å²) in [5, 5.41) is 26.6. The van der Waals surface area contributed by atoms with Crippen LogP contribution in [0.2, 0.25) is 0 Å². The van der Waals surface area contributed by atoms with E-state index in [0.717, 1.165) is 90.1 Å². The Morgan fingerprint density at radius 2 is 0.543 bits per heavy atom. The van der Waals surface area contributed by atoms with E-state index in [9.17, 15) is 0 Å². The average Bonchev–Trinajstić information content (AvgIpc) is 0.812. The molecule has 5 aliphatic heterocycles. The first-order valence-electron chi connectivity index (χ1n) is 35.0. The standard InChI is InChI=1S/C69H129N23/c1-46-72-52(74-53(73-46)86(23)47-36-60(2,3)81-61(4,5)37-47)71-31-29-33-92(59-79-56(89(26)50-42-66(14,15)84-67(16,17)43-50)76-57(80-59)90(27)51-44-68(18,19)85-69(20,21)45-51)35-34-91(32-28-30-70-22)58-77-54(87(24)48-38-62(6,7)82-63(8,9)39-48)75-55(78-58)88(25)49-40-64(10,11)83-65(12,13)41-49/h47-51,70,81-85H,28-45H2,1-27H3,(H,71,72,73,74). The molecule has 3 aromatic heterocycles. The van der Waals surface area contributed by atoms with E-state index in [-0.39, 0.29) is 85.6 Å². The van der Waals surface area contributed by atoms with Crippen molar-refractivity contribution >= 4 is 47.6 Å². The lowest BCUT2D eigenvalue weighted by molar-refractivity contribution is 0.159. The molecule has 5 aliphatic rings. The molecule has 0 atom stereocenters. The smallest absolute Gasteiger partial charge is 0.232 e. The van der Waals surface area contributed by atoms with E-state index in [0.29, 0.717) is 79.6 Å². The van der Waals surface area contributed by atoms with Crippen molar-refractivity contribution in [1.29, 1.82) is 0 Å². The fourth-order valence-corrected chi connectivity index (χ4v) is 17.6. The van der Waals surface area contributed by atoms with Crippen molar-refractivity contribution in [3.63, 3.8) is 0 Å². The molecular formula is C69H129N23. The summed E-state index contributed by atoms with van der Waals surface area (Å²) in [6.07, 6.45) is 11.1. The van der Waals surface area contributed by atoms with Gasteiger partial charge in [0.15, 0.2) is 0 Å². The normalized spacial score (nSPS) is 23.3. The molecule has 5 fully saturated rings. The zero-order valence-corrected chi connectivity index (χ0v) is 62.8. The highest BCUT2D eigenvalue weighted by atomic mass is 15.4. The molecule has 0 bridgehead atoms. The van der Waals surface area contributed by atoms with Crippen LogP contribution in [0.25, 0.3) is 0 Å². The van der Waals surface area contributed by atoms with Crippen molar-refractivity contribution in [2.75, 3.05) is 121 Å². The molecule has 92 heavy (non-hydrogen) atoms. The molecule has 3 aromatic rings. The summed E-state index contributed by atoms with van der Waals surface area (Å²) in [6, 6.07) is 1.02. The van der Waals surface area contributed by atoms with Crippen molar-refractivity contribution < 1.29 is 0 Å². The fraction of sp³-hybridized carbons (Fsp3) is 0.870. The van der Waals surface area contributed by atoms with Gasteiger partial charge in [-0.3, -0.25) is 0 Å². The molecule has 8 heterocycles. The second-order valence-corrected chi connectivity index (χ2v) is 35.5. The van der Waals surface area contributed by atoms with Gasteiger partial charge in [0.25, 0.3) is 0 Å². The van der Waals surface area contributed by atoms with Gasteiger partial charge < -0.3 is 71.5 Å². The van der Waals surface area contributed by atoms with Gasteiger partial charge in [-0.05, 0) is 236 Å². The van der Waals surface area contributed by atoms with E-state index < -0.39 is 0 Å². The van der Waals surface area contributed by atoms with Gasteiger partial charge in [-0.25, -0.2) is 0 Å². The molecule has 23 nitrogen and oxygen atoms in total. The number of rotatable bonds is 24. The number of hydrogen-bond donors (Lipinski definition) is 7. The molecule has 0 radical (unpaired) electrons. The Bertz CT molecular complexity index is 2750. The first-order valence-corrected chi connectivity index (χ1v) is 35.0. The Morgan fingerprint density at radius 3 is 0.793 bits per heavy atom. The summed E-state index contributed by atoms with van der Waals surface area (Å²) >= 11 is 0. The van der Waals surface area contributed by atoms with E-state index in [2.05, 4.69) is 245 Å². The highest BCUT2D eigenvalue weighted by Crippen LogP contribution is 2.39. The van der Waals surface area contributed by atoms with E-state index in [1.165, 1.54) is 0 Å². The van der Waals surface area contributed by atoms with Gasteiger partial charge in [0.05, 0.1) is 0 Å². The Balaban J connectivity index is 1.20. The van der Waals surface area contributed by atoms with Crippen LogP contribution < -0.4 is 71.5 Å². The van der Waals surface area contributed by atoms with Gasteiger partial charge in [0.2, 0.25) is 47.6 Å². The highest BCUT2D eigenvalue weighted by molar-refractivity contribution is 5.50. The van der Waals surface area contributed by atoms with Crippen LogP contribution >= 0.6 is 0 Å². The second-order valence-electron chi connectivity index (χ2n) is 35.5. The minimum absolute atomic E-state index is 0.0265. The van der Waals surface area contributed by atoms with Crippen molar-refractivity contribution in [3.05, 3.63) is 5.82 Å². The molecule has 7 N–H and O–H groups in total. The summed E-state index contributed by atoms with van der Waals surface area (Å²) < 4.78 is 0. The Labute approximate surface area is 557 Å². The maximum absolute atomic E-state index is 5.60. The fourth-order valence-electron chi connectivity index (χ4n) is 17.6. The molecule has 0 saturated carbocycles. The molecule has 0 spiro atoms. The number of anilines is 8. The molecule has 0 amide bonds. The molecular weight excluding hydrogens is 1150 g/mol. The number of nitrogens with one attached hydrogen (secondary N) is 7. The first-order chi connectivity index (χ1) is 42.2. The van der Waals surface area contributed by atoms with Crippen LogP contribution in [-0.2, 0) is 0 Å². The van der Waals surface area contributed by atoms with Crippen molar-refractivity contribution in [2.45, 2.75) is 308 Å². The first kappa shape index (κ1) is 73.0. The SMILES string of the molecule is CNCCCN(CCN(CCCNc1nc(C)nc(N(C)C2CC(C)(C)NC(C)(C)C2)n1)c1nc(N(C)C2CC(C)(C)NC(C)(C)C2)nc(N(C)C2CC(C)(C)NC(C)(C)C2)n1)c1nc(N(C)C2CC(C)(C)NC(C)(C)C2)nc(N(C)C2CC(C)(C)NC(C)(C)C2)n1. The highest BCUT2D eigenvalue weighted by Gasteiger charge is 2.46. The van der Waals surface area contributed by atoms with Crippen LogP contribution in [0.4, 0.5) is 47.6 Å². The summed E-state index contributed by atoms with van der Waals surface area (Å²) in [6.45, 7) is 52.2. The van der Waals surface area contributed by atoms with Crippen molar-refractivity contribution in [2.24, 2.45) is 0 Å². The molecule has 520 valence electrons. The number of hydrogen-bond acceptors (Lipinski definition) is 23. The van der Waals surface area contributed by atoms with Crippen molar-refractivity contribution in [1.82, 2.24) is 76.8 Å². The van der Waals surface area contributed by atoms with Crippen LogP contribution in [0.15, 0.2) is 0 Å². The predicted molar refractivity (Wildman–Crippen MR) is 384 cm³/mol. The van der Waals surface area contributed by atoms with Crippen LogP contribution in [0.5, 0.6) is 0 Å². The molecule has 23 heteroatoms. The van der Waals surface area contributed by atoms with Crippen LogP contribution in [0, 0.1) is 6.92 Å². The number of piperidine rings is 5. The zero-order valence-electron chi connectivity index (χ0n) is 62.8. The number of aryl methyl sites for hydroxylation is 1. The largest absolute Gasteiger partial charge is 0.354 e. The predicted octanol–water partition coefficient (Wildman–Crippen LogP) is 8.70. The monoisotopic (exact) mass is 1280 g/mol. The third-order valence-corrected chi connectivity index (χ3v) is 20.0. The van der Waals surface area contributed by atoms with E-state index in [1.54, 1.807) is 0 Å². The van der Waals surface area contributed by atoms with Crippen LogP contribution in [0.1, 0.15) is 221 Å². The maximum atomic E-state index is 5.60. The molecule has 0 unspecified atom stereocenters. The molecule has 0 aliphatic carbocycles. The minimum Gasteiger partial charge on any atom is -0.354 e. The summed E-state index contributed by atoms with van der Waals surface area (Å²) in [5.41, 5.74) is -0.724. The average molecular weight is 1280 g/mol.